The minimum absolute atomic E-state index is 0.897. The molecule has 0 spiro atoms. The van der Waals surface area contributed by atoms with Crippen LogP contribution >= 0.6 is 0 Å². The van der Waals surface area contributed by atoms with Gasteiger partial charge in [-0.15, -0.1) is 0 Å². The molecule has 0 saturated heterocycles. The van der Waals surface area contributed by atoms with E-state index in [1.165, 1.54) is 44.9 Å². The summed E-state index contributed by atoms with van der Waals surface area (Å²) < 4.78 is 0. The second kappa shape index (κ2) is 7.29. The van der Waals surface area contributed by atoms with Gasteiger partial charge in [0.1, 0.15) is 0 Å². The molecule has 112 valence electrons. The Morgan fingerprint density at radius 2 is 1.80 bits per heavy atom. The number of rotatable bonds is 7. The van der Waals surface area contributed by atoms with E-state index >= 15 is 0 Å². The van der Waals surface area contributed by atoms with Gasteiger partial charge in [0.2, 0.25) is 0 Å². The van der Waals surface area contributed by atoms with Crippen molar-refractivity contribution in [2.24, 2.45) is 17.8 Å². The van der Waals surface area contributed by atoms with Crippen LogP contribution < -0.4 is 0 Å². The first kappa shape index (κ1) is 15.6. The molecule has 2 rings (SSSR count). The lowest BCUT2D eigenvalue weighted by molar-refractivity contribution is 0.438. The van der Waals surface area contributed by atoms with Crippen molar-refractivity contribution in [2.45, 2.75) is 72.6 Å². The first-order valence-corrected chi connectivity index (χ1v) is 8.61. The van der Waals surface area contributed by atoms with Gasteiger partial charge in [0.25, 0.3) is 0 Å². The highest BCUT2D eigenvalue weighted by atomic mass is 14.4. The molecular formula is C20H32. The summed E-state index contributed by atoms with van der Waals surface area (Å²) in [4.78, 5) is 0. The van der Waals surface area contributed by atoms with Crippen LogP contribution in [0.1, 0.15) is 72.6 Å². The molecule has 1 fully saturated rings. The normalized spacial score (nSPS) is 30.0. The van der Waals surface area contributed by atoms with Crippen LogP contribution in [-0.2, 0) is 0 Å². The monoisotopic (exact) mass is 272 g/mol. The molecule has 0 aliphatic heterocycles. The molecule has 0 N–H and O–H groups in total. The first-order chi connectivity index (χ1) is 9.63. The maximum atomic E-state index is 2.49. The van der Waals surface area contributed by atoms with Gasteiger partial charge in [-0.1, -0.05) is 48.3 Å². The highest BCUT2D eigenvalue weighted by molar-refractivity contribution is 5.16. The lowest BCUT2D eigenvalue weighted by Crippen LogP contribution is -2.08. The average Bonchev–Trinajstić information content (AvgIpc) is 3.05. The predicted octanol–water partition coefficient (Wildman–Crippen LogP) is 6.45. The van der Waals surface area contributed by atoms with Gasteiger partial charge < -0.3 is 0 Å². The third kappa shape index (κ3) is 3.87. The Morgan fingerprint density at radius 3 is 2.35 bits per heavy atom. The minimum atomic E-state index is 0.897. The molecule has 0 aromatic heterocycles. The molecule has 0 heteroatoms. The molecule has 0 radical (unpaired) electrons. The second-order valence-corrected chi connectivity index (χ2v) is 7.00. The van der Waals surface area contributed by atoms with Gasteiger partial charge in [0.05, 0.1) is 0 Å². The molecule has 0 amide bonds. The van der Waals surface area contributed by atoms with Gasteiger partial charge in [-0.3, -0.25) is 0 Å². The molecule has 3 unspecified atom stereocenters. The summed E-state index contributed by atoms with van der Waals surface area (Å²) in [7, 11) is 0. The maximum absolute atomic E-state index is 2.49. The Kier molecular flexibility index (Phi) is 5.69. The number of hydrogen-bond donors (Lipinski definition) is 0. The summed E-state index contributed by atoms with van der Waals surface area (Å²) in [5.74, 6) is 2.75. The Hall–Kier alpha value is -0.780. The summed E-state index contributed by atoms with van der Waals surface area (Å²) in [6.45, 7) is 9.15. The number of allylic oxidation sites excluding steroid dienone is 6. The zero-order valence-electron chi connectivity index (χ0n) is 13.9. The molecule has 1 saturated carbocycles. The summed E-state index contributed by atoms with van der Waals surface area (Å²) in [5.41, 5.74) is 4.93. The van der Waals surface area contributed by atoms with Crippen molar-refractivity contribution in [3.63, 3.8) is 0 Å². The van der Waals surface area contributed by atoms with Crippen molar-refractivity contribution >= 4 is 0 Å². The van der Waals surface area contributed by atoms with Crippen LogP contribution in [0.3, 0.4) is 0 Å². The molecule has 20 heavy (non-hydrogen) atoms. The van der Waals surface area contributed by atoms with E-state index in [-0.39, 0.29) is 0 Å². The summed E-state index contributed by atoms with van der Waals surface area (Å²) in [5, 5.41) is 0. The van der Waals surface area contributed by atoms with Gasteiger partial charge in [-0.2, -0.15) is 0 Å². The number of hydrogen-bond acceptors (Lipinski definition) is 0. The van der Waals surface area contributed by atoms with Crippen LogP contribution in [-0.4, -0.2) is 0 Å². The third-order valence-electron chi connectivity index (χ3n) is 5.52. The van der Waals surface area contributed by atoms with Crippen LogP contribution in [0.25, 0.3) is 0 Å². The van der Waals surface area contributed by atoms with E-state index < -0.39 is 0 Å². The zero-order valence-corrected chi connectivity index (χ0v) is 13.9. The Labute approximate surface area is 126 Å². The average molecular weight is 272 g/mol. The van der Waals surface area contributed by atoms with Crippen LogP contribution in [0.15, 0.2) is 34.9 Å². The molecule has 2 aliphatic carbocycles. The molecule has 2 bridgehead atoms. The highest BCUT2D eigenvalue weighted by Gasteiger charge is 2.35. The van der Waals surface area contributed by atoms with E-state index in [2.05, 4.69) is 45.9 Å². The molecule has 0 aromatic carbocycles. The smallest absolute Gasteiger partial charge is 0.0196 e. The van der Waals surface area contributed by atoms with Gasteiger partial charge in [-0.25, -0.2) is 0 Å². The molecule has 0 nitrogen and oxygen atoms in total. The van der Waals surface area contributed by atoms with Gasteiger partial charge in [0.15, 0.2) is 0 Å². The zero-order chi connectivity index (χ0) is 14.5. The Balaban J connectivity index is 1.82. The quantitative estimate of drug-likeness (QED) is 0.467. The summed E-state index contributed by atoms with van der Waals surface area (Å²) in [6.07, 6.45) is 16.7. The third-order valence-corrected chi connectivity index (χ3v) is 5.52. The van der Waals surface area contributed by atoms with Crippen molar-refractivity contribution in [1.82, 2.24) is 0 Å². The topological polar surface area (TPSA) is 0 Å². The molecule has 3 atom stereocenters. The summed E-state index contributed by atoms with van der Waals surface area (Å²) in [6, 6.07) is 0. The maximum Gasteiger partial charge on any atom is -0.0196 e. The van der Waals surface area contributed by atoms with Crippen LogP contribution in [0.4, 0.5) is 0 Å². The van der Waals surface area contributed by atoms with E-state index in [0.717, 1.165) is 17.8 Å². The van der Waals surface area contributed by atoms with Crippen molar-refractivity contribution in [1.29, 1.82) is 0 Å². The van der Waals surface area contributed by atoms with E-state index in [1.54, 1.807) is 16.7 Å². The van der Waals surface area contributed by atoms with Crippen LogP contribution in [0.5, 0.6) is 0 Å². The van der Waals surface area contributed by atoms with Crippen LogP contribution in [0.2, 0.25) is 0 Å². The largest absolute Gasteiger partial charge is 0.0884 e. The van der Waals surface area contributed by atoms with Crippen molar-refractivity contribution < 1.29 is 0 Å². The van der Waals surface area contributed by atoms with E-state index in [0.29, 0.717) is 0 Å². The Bertz CT molecular complexity index is 408. The lowest BCUT2D eigenvalue weighted by Gasteiger charge is -2.20. The molecule has 0 heterocycles. The standard InChI is InChI=1S/C20H32/c1-5-7-15(3)16(4)8-9-17(6-2)12-20-14-18-10-11-19(20)13-18/h6,10-11,18-20H,5,7-9,12-14H2,1-4H3/b16-15+,17-6+. The fourth-order valence-corrected chi connectivity index (χ4v) is 3.98. The van der Waals surface area contributed by atoms with Gasteiger partial charge in [-0.05, 0) is 77.0 Å². The van der Waals surface area contributed by atoms with Crippen molar-refractivity contribution in [2.75, 3.05) is 0 Å². The van der Waals surface area contributed by atoms with Gasteiger partial charge in [0, 0.05) is 0 Å². The Morgan fingerprint density at radius 1 is 1.05 bits per heavy atom. The fraction of sp³-hybridized carbons (Fsp3) is 0.700. The van der Waals surface area contributed by atoms with Crippen LogP contribution in [0, 0.1) is 17.8 Å². The number of fused-ring (bicyclic) bond motifs is 2. The van der Waals surface area contributed by atoms with Crippen molar-refractivity contribution in [3.8, 4) is 0 Å². The van der Waals surface area contributed by atoms with E-state index in [1.807, 2.05) is 0 Å². The first-order valence-electron chi connectivity index (χ1n) is 8.61. The molecular weight excluding hydrogens is 240 g/mol. The highest BCUT2D eigenvalue weighted by Crippen LogP contribution is 2.46. The van der Waals surface area contributed by atoms with Gasteiger partial charge >= 0.3 is 0 Å². The predicted molar refractivity (Wildman–Crippen MR) is 89.7 cm³/mol. The second-order valence-electron chi connectivity index (χ2n) is 7.00. The minimum Gasteiger partial charge on any atom is -0.0884 e. The van der Waals surface area contributed by atoms with Crippen molar-refractivity contribution in [3.05, 3.63) is 34.9 Å². The lowest BCUT2D eigenvalue weighted by atomic mass is 9.85. The van der Waals surface area contributed by atoms with E-state index in [4.69, 9.17) is 0 Å². The summed E-state index contributed by atoms with van der Waals surface area (Å²) >= 11 is 0. The molecule has 2 aliphatic rings. The SMILES string of the molecule is C/C=C(\CC/C(C)=C(\C)CCC)CC1CC2C=CC1C2. The fourth-order valence-electron chi connectivity index (χ4n) is 3.98. The van der Waals surface area contributed by atoms with E-state index in [9.17, 15) is 0 Å². The molecule has 0 aromatic rings.